The summed E-state index contributed by atoms with van der Waals surface area (Å²) in [7, 11) is 0. The fourth-order valence-electron chi connectivity index (χ4n) is 5.91. The topological polar surface area (TPSA) is 152 Å². The number of Topliss-reactive ketones (excluding diaryl/α,β-unsaturated/α-hetero) is 1. The van der Waals surface area contributed by atoms with Gasteiger partial charge in [-0.05, 0) is 63.2 Å². The molecule has 3 rings (SSSR count). The van der Waals surface area contributed by atoms with Gasteiger partial charge in [0.05, 0.1) is 76.9 Å². The maximum absolute atomic E-state index is 12.1. The molecular formula is C32H55N5O8. The van der Waals surface area contributed by atoms with Crippen LogP contribution in [0.25, 0.3) is 0 Å². The van der Waals surface area contributed by atoms with Crippen LogP contribution in [0, 0.1) is 23.7 Å². The normalized spacial score (nSPS) is 19.8. The molecule has 0 aromatic carbocycles. The van der Waals surface area contributed by atoms with Gasteiger partial charge in [-0.1, -0.05) is 26.0 Å². The molecule has 45 heavy (non-hydrogen) atoms. The lowest BCUT2D eigenvalue weighted by atomic mass is 9.98. The van der Waals surface area contributed by atoms with Crippen LogP contribution in [0.1, 0.15) is 77.7 Å². The number of aryl methyl sites for hydroxylation is 1. The van der Waals surface area contributed by atoms with Crippen molar-refractivity contribution in [3.63, 3.8) is 0 Å². The van der Waals surface area contributed by atoms with Crippen molar-refractivity contribution >= 4 is 17.8 Å². The Bertz CT molecular complexity index is 1050. The number of hydrogen-bond acceptors (Lipinski definition) is 10. The minimum atomic E-state index is -0.445. The fourth-order valence-corrected chi connectivity index (χ4v) is 5.91. The van der Waals surface area contributed by atoms with E-state index in [1.54, 1.807) is 6.92 Å². The second-order valence-corrected chi connectivity index (χ2v) is 12.4. The van der Waals surface area contributed by atoms with Gasteiger partial charge >= 0.3 is 6.09 Å². The Labute approximate surface area is 267 Å². The predicted molar refractivity (Wildman–Crippen MR) is 167 cm³/mol. The first-order chi connectivity index (χ1) is 21.7. The molecular weight excluding hydrogens is 582 g/mol. The highest BCUT2D eigenvalue weighted by atomic mass is 16.6. The third-order valence-corrected chi connectivity index (χ3v) is 8.49. The summed E-state index contributed by atoms with van der Waals surface area (Å²) in [5, 5.41) is 14.3. The second-order valence-electron chi connectivity index (χ2n) is 12.4. The highest BCUT2D eigenvalue weighted by Gasteiger charge is 2.50. The van der Waals surface area contributed by atoms with Crippen molar-refractivity contribution in [2.45, 2.75) is 85.2 Å². The number of rotatable bonds is 22. The molecule has 1 aromatic heterocycles. The molecule has 1 heterocycles. The lowest BCUT2D eigenvalue weighted by molar-refractivity contribution is -0.129. The van der Waals surface area contributed by atoms with Crippen LogP contribution in [0.15, 0.2) is 0 Å². The molecule has 3 unspecified atom stereocenters. The van der Waals surface area contributed by atoms with Crippen LogP contribution in [0.3, 0.4) is 0 Å². The number of ketones is 1. The fraction of sp³-hybridized carbons (Fsp3) is 0.844. The molecule has 0 aliphatic heterocycles. The maximum Gasteiger partial charge on any atom is 0.407 e. The number of fused-ring (bicyclic) bond motifs is 2. The number of nitrogens with zero attached hydrogens (tertiary/aromatic N) is 3. The molecule has 13 nitrogen and oxygen atoms in total. The molecule has 13 heteroatoms. The van der Waals surface area contributed by atoms with Crippen molar-refractivity contribution in [2.24, 2.45) is 23.7 Å². The van der Waals surface area contributed by atoms with E-state index in [9.17, 15) is 14.4 Å². The Kier molecular flexibility index (Phi) is 16.2. The van der Waals surface area contributed by atoms with Crippen molar-refractivity contribution in [2.75, 3.05) is 66.0 Å². The van der Waals surface area contributed by atoms with E-state index < -0.39 is 12.1 Å². The van der Waals surface area contributed by atoms with E-state index in [4.69, 9.17) is 23.7 Å². The molecule has 2 amide bonds. The van der Waals surface area contributed by atoms with Gasteiger partial charge < -0.3 is 34.3 Å². The molecule has 2 aliphatic carbocycles. The summed E-state index contributed by atoms with van der Waals surface area (Å²) < 4.78 is 29.4. The summed E-state index contributed by atoms with van der Waals surface area (Å²) >= 11 is 0. The highest BCUT2D eigenvalue weighted by Crippen LogP contribution is 2.53. The number of ether oxygens (including phenoxy) is 5. The summed E-state index contributed by atoms with van der Waals surface area (Å²) in [6.45, 7) is 13.9. The predicted octanol–water partition coefficient (Wildman–Crippen LogP) is 2.90. The SMILES string of the molecule is CCC(=O)[C@@H](NC(=O)CCOCCOCCOCCOCCNC(=O)OCC1C2CCc3nnn(C(C)C)c3CCC21)C(C)C. The Morgan fingerprint density at radius 2 is 1.47 bits per heavy atom. The van der Waals surface area contributed by atoms with Crippen LogP contribution in [0.2, 0.25) is 0 Å². The van der Waals surface area contributed by atoms with Gasteiger partial charge in [0.15, 0.2) is 5.78 Å². The number of aromatic nitrogens is 3. The average Bonchev–Trinajstić information content (AvgIpc) is 3.49. The largest absolute Gasteiger partial charge is 0.449 e. The number of carbonyl (C=O) groups is 3. The van der Waals surface area contributed by atoms with Crippen molar-refractivity contribution in [3.05, 3.63) is 11.4 Å². The minimum absolute atomic E-state index is 0.0387. The van der Waals surface area contributed by atoms with Crippen LogP contribution in [0.5, 0.6) is 0 Å². The summed E-state index contributed by atoms with van der Waals surface area (Å²) in [5.74, 6) is 1.55. The summed E-state index contributed by atoms with van der Waals surface area (Å²) in [4.78, 5) is 36.1. The van der Waals surface area contributed by atoms with Crippen LogP contribution < -0.4 is 10.6 Å². The molecule has 2 aliphatic rings. The zero-order chi connectivity index (χ0) is 32.6. The van der Waals surface area contributed by atoms with Crippen LogP contribution in [-0.4, -0.2) is 105 Å². The third kappa shape index (κ3) is 12.6. The molecule has 4 atom stereocenters. The van der Waals surface area contributed by atoms with Crippen LogP contribution in [0.4, 0.5) is 4.79 Å². The molecule has 2 N–H and O–H groups in total. The van der Waals surface area contributed by atoms with E-state index in [-0.39, 0.29) is 30.6 Å². The van der Waals surface area contributed by atoms with Crippen LogP contribution in [-0.2, 0) is 46.1 Å². The molecule has 1 aromatic rings. The van der Waals surface area contributed by atoms with E-state index >= 15 is 0 Å². The van der Waals surface area contributed by atoms with Gasteiger partial charge in [-0.2, -0.15) is 0 Å². The average molecular weight is 638 g/mol. The van der Waals surface area contributed by atoms with Crippen molar-refractivity contribution < 1.29 is 38.1 Å². The molecule has 0 bridgehead atoms. The van der Waals surface area contributed by atoms with E-state index in [2.05, 4.69) is 39.5 Å². The van der Waals surface area contributed by atoms with Crippen molar-refractivity contribution in [1.29, 1.82) is 0 Å². The third-order valence-electron chi connectivity index (χ3n) is 8.49. The van der Waals surface area contributed by atoms with E-state index in [0.717, 1.165) is 31.4 Å². The summed E-state index contributed by atoms with van der Waals surface area (Å²) in [5.41, 5.74) is 2.40. The zero-order valence-corrected chi connectivity index (χ0v) is 27.9. The number of carbonyl (C=O) groups excluding carboxylic acids is 3. The first-order valence-corrected chi connectivity index (χ1v) is 16.7. The lowest BCUT2D eigenvalue weighted by Gasteiger charge is -2.20. The Morgan fingerprint density at radius 3 is 2.07 bits per heavy atom. The van der Waals surface area contributed by atoms with E-state index in [0.29, 0.717) is 89.6 Å². The number of alkyl carbamates (subject to hydrolysis) is 1. The van der Waals surface area contributed by atoms with Gasteiger partial charge in [0.2, 0.25) is 5.91 Å². The van der Waals surface area contributed by atoms with Gasteiger partial charge in [0.25, 0.3) is 0 Å². The molecule has 256 valence electrons. The molecule has 0 saturated heterocycles. The van der Waals surface area contributed by atoms with Crippen LogP contribution >= 0.6 is 0 Å². The molecule has 1 saturated carbocycles. The van der Waals surface area contributed by atoms with Gasteiger partial charge in [0, 0.05) is 25.4 Å². The van der Waals surface area contributed by atoms with Crippen molar-refractivity contribution in [3.8, 4) is 0 Å². The smallest absolute Gasteiger partial charge is 0.407 e. The van der Waals surface area contributed by atoms with E-state index in [1.807, 2.05) is 13.8 Å². The molecule has 1 fully saturated rings. The lowest BCUT2D eigenvalue weighted by Crippen LogP contribution is -2.44. The Balaban J connectivity index is 1.08. The number of nitrogens with one attached hydrogen (secondary N) is 2. The Morgan fingerprint density at radius 1 is 0.867 bits per heavy atom. The monoisotopic (exact) mass is 637 g/mol. The number of amides is 2. The quantitative estimate of drug-likeness (QED) is 0.182. The standard InChI is InChI=1S/C32H55N5O8/c1-6-29(38)31(22(2)3)34-30(39)11-13-41-15-17-43-19-20-44-18-16-42-14-12-33-32(40)45-21-26-24-7-9-27-28(10-8-25(24)26)37(23(4)5)36-35-27/h22-26,31H,6-21H2,1-5H3,(H,33,40)(H,34,39)/t24?,25?,26?,31-/m0/s1. The number of hydrogen-bond donors (Lipinski definition) is 2. The van der Waals surface area contributed by atoms with Gasteiger partial charge in [0.1, 0.15) is 0 Å². The molecule has 0 radical (unpaired) electrons. The highest BCUT2D eigenvalue weighted by molar-refractivity contribution is 5.89. The first-order valence-electron chi connectivity index (χ1n) is 16.7. The summed E-state index contributed by atoms with van der Waals surface area (Å²) in [6.07, 6.45) is 4.30. The summed E-state index contributed by atoms with van der Waals surface area (Å²) in [6, 6.07) is -0.129. The minimum Gasteiger partial charge on any atom is -0.449 e. The van der Waals surface area contributed by atoms with Crippen molar-refractivity contribution in [1.82, 2.24) is 25.6 Å². The second kappa shape index (κ2) is 19.8. The van der Waals surface area contributed by atoms with Gasteiger partial charge in [-0.15, -0.1) is 5.10 Å². The van der Waals surface area contributed by atoms with E-state index in [1.165, 1.54) is 5.69 Å². The zero-order valence-electron chi connectivity index (χ0n) is 27.9. The Hall–Kier alpha value is -2.61. The first kappa shape index (κ1) is 36.9. The van der Waals surface area contributed by atoms with Gasteiger partial charge in [-0.25, -0.2) is 9.48 Å². The maximum atomic E-state index is 12.1. The molecule has 0 spiro atoms. The van der Waals surface area contributed by atoms with Gasteiger partial charge in [-0.3, -0.25) is 9.59 Å².